The summed E-state index contributed by atoms with van der Waals surface area (Å²) in [6.45, 7) is 1.10. The van der Waals surface area contributed by atoms with Crippen LogP contribution in [-0.2, 0) is 16.5 Å². The summed E-state index contributed by atoms with van der Waals surface area (Å²) in [7, 11) is 0. The number of benzene rings is 2. The number of carbonyl (C=O) groups excluding carboxylic acids is 3. The summed E-state index contributed by atoms with van der Waals surface area (Å²) in [6, 6.07) is 12.2. The molecule has 7 nitrogen and oxygen atoms in total. The predicted octanol–water partition coefficient (Wildman–Crippen LogP) is 2.82. The van der Waals surface area contributed by atoms with Crippen LogP contribution in [0.2, 0.25) is 0 Å². The summed E-state index contributed by atoms with van der Waals surface area (Å²) in [4.78, 5) is 39.1. The van der Waals surface area contributed by atoms with E-state index < -0.39 is 17.6 Å². The highest BCUT2D eigenvalue weighted by atomic mass is 19.4. The second-order valence-electron chi connectivity index (χ2n) is 9.79. The van der Waals surface area contributed by atoms with E-state index in [0.29, 0.717) is 19.1 Å². The second kappa shape index (κ2) is 9.24. The van der Waals surface area contributed by atoms with Crippen molar-refractivity contribution in [3.8, 4) is 0 Å². The molecule has 0 radical (unpaired) electrons. The molecule has 0 atom stereocenters. The Labute approximate surface area is 206 Å². The quantitative estimate of drug-likeness (QED) is 0.589. The molecular weight excluding hydrogens is 473 g/mol. The molecule has 1 saturated carbocycles. The fourth-order valence-electron chi connectivity index (χ4n) is 5.59. The van der Waals surface area contributed by atoms with Gasteiger partial charge >= 0.3 is 6.18 Å². The Hall–Kier alpha value is -3.40. The van der Waals surface area contributed by atoms with Gasteiger partial charge in [0, 0.05) is 30.3 Å². The van der Waals surface area contributed by atoms with Gasteiger partial charge in [-0.25, -0.2) is 0 Å². The summed E-state index contributed by atoms with van der Waals surface area (Å²) in [5.41, 5.74) is 0.517. The number of fused-ring (bicyclic) bond motifs is 2. The Morgan fingerprint density at radius 3 is 2.50 bits per heavy atom. The summed E-state index contributed by atoms with van der Waals surface area (Å²) < 4.78 is 38.5. The number of hydrogen-bond donors (Lipinski definition) is 3. The van der Waals surface area contributed by atoms with Crippen LogP contribution in [0.25, 0.3) is 0 Å². The smallest absolute Gasteiger partial charge is 0.349 e. The Balaban J connectivity index is 1.05. The van der Waals surface area contributed by atoms with E-state index in [4.69, 9.17) is 0 Å². The minimum absolute atomic E-state index is 0.00377. The molecule has 0 aromatic heterocycles. The first kappa shape index (κ1) is 24.3. The maximum Gasteiger partial charge on any atom is 0.416 e. The van der Waals surface area contributed by atoms with E-state index in [0.717, 1.165) is 55.0 Å². The SMILES string of the molecule is O=C(CNC(=O)c1cccc(C(F)(F)F)c1)NC1CN([C@H]2CC[C@@]3(CC2)NC(=O)c2ccccc23)C1. The molecule has 0 bridgehead atoms. The van der Waals surface area contributed by atoms with Gasteiger partial charge in [0.15, 0.2) is 0 Å². The predicted molar refractivity (Wildman–Crippen MR) is 125 cm³/mol. The maximum atomic E-state index is 12.8. The van der Waals surface area contributed by atoms with E-state index in [1.807, 2.05) is 24.3 Å². The fraction of sp³-hybridized carbons (Fsp3) is 0.423. The highest BCUT2D eigenvalue weighted by Crippen LogP contribution is 2.44. The van der Waals surface area contributed by atoms with Gasteiger partial charge in [-0.15, -0.1) is 0 Å². The van der Waals surface area contributed by atoms with E-state index in [1.165, 1.54) is 6.07 Å². The van der Waals surface area contributed by atoms with Gasteiger partial charge in [-0.1, -0.05) is 24.3 Å². The Bertz CT molecular complexity index is 1180. The number of alkyl halides is 3. The zero-order valence-electron chi connectivity index (χ0n) is 19.5. The van der Waals surface area contributed by atoms with Crippen LogP contribution in [-0.4, -0.2) is 54.3 Å². The van der Waals surface area contributed by atoms with Crippen molar-refractivity contribution >= 4 is 17.7 Å². The molecule has 2 aromatic carbocycles. The zero-order chi connectivity index (χ0) is 25.5. The summed E-state index contributed by atoms with van der Waals surface area (Å²) in [5, 5.41) is 8.45. The van der Waals surface area contributed by atoms with Crippen LogP contribution in [0, 0.1) is 0 Å². The molecule has 5 rings (SSSR count). The molecule has 1 aliphatic carbocycles. The number of halogens is 3. The third-order valence-corrected chi connectivity index (χ3v) is 7.50. The highest BCUT2D eigenvalue weighted by molar-refractivity contribution is 6.00. The lowest BCUT2D eigenvalue weighted by atomic mass is 9.75. The molecule has 0 unspecified atom stereocenters. The van der Waals surface area contributed by atoms with E-state index in [2.05, 4.69) is 20.9 Å². The molecule has 3 N–H and O–H groups in total. The van der Waals surface area contributed by atoms with Gasteiger partial charge in [-0.3, -0.25) is 19.3 Å². The normalized spacial score (nSPS) is 24.1. The molecule has 3 aliphatic rings. The topological polar surface area (TPSA) is 90.5 Å². The lowest BCUT2D eigenvalue weighted by molar-refractivity contribution is -0.137. The molecule has 2 heterocycles. The average Bonchev–Trinajstić information content (AvgIpc) is 3.11. The first-order valence-corrected chi connectivity index (χ1v) is 12.1. The van der Waals surface area contributed by atoms with Gasteiger partial charge in [0.1, 0.15) is 0 Å². The second-order valence-corrected chi connectivity index (χ2v) is 9.79. The Morgan fingerprint density at radius 1 is 1.06 bits per heavy atom. The molecular formula is C26H27F3N4O3. The van der Waals surface area contributed by atoms with Crippen molar-refractivity contribution in [3.05, 3.63) is 70.8 Å². The van der Waals surface area contributed by atoms with Gasteiger partial charge in [0.2, 0.25) is 5.91 Å². The van der Waals surface area contributed by atoms with Crippen LogP contribution in [0.15, 0.2) is 48.5 Å². The third kappa shape index (κ3) is 4.69. The van der Waals surface area contributed by atoms with Gasteiger partial charge in [-0.05, 0) is 55.5 Å². The van der Waals surface area contributed by atoms with E-state index in [1.54, 1.807) is 0 Å². The number of amides is 3. The van der Waals surface area contributed by atoms with Crippen molar-refractivity contribution in [3.63, 3.8) is 0 Å². The van der Waals surface area contributed by atoms with Crippen LogP contribution < -0.4 is 16.0 Å². The lowest BCUT2D eigenvalue weighted by Gasteiger charge is -2.48. The van der Waals surface area contributed by atoms with Crippen molar-refractivity contribution in [2.45, 2.75) is 49.5 Å². The van der Waals surface area contributed by atoms with Gasteiger partial charge in [0.25, 0.3) is 11.8 Å². The number of hydrogen-bond acceptors (Lipinski definition) is 4. The number of likely N-dealkylation sites (tertiary alicyclic amines) is 1. The van der Waals surface area contributed by atoms with E-state index >= 15 is 0 Å². The van der Waals surface area contributed by atoms with Crippen LogP contribution in [0.5, 0.6) is 0 Å². The largest absolute Gasteiger partial charge is 0.416 e. The molecule has 2 aliphatic heterocycles. The summed E-state index contributed by atoms with van der Waals surface area (Å²) in [5.74, 6) is -1.12. The molecule has 1 saturated heterocycles. The van der Waals surface area contributed by atoms with Crippen molar-refractivity contribution in [2.24, 2.45) is 0 Å². The van der Waals surface area contributed by atoms with Crippen molar-refractivity contribution in [1.29, 1.82) is 0 Å². The van der Waals surface area contributed by atoms with Gasteiger partial charge < -0.3 is 16.0 Å². The average molecular weight is 501 g/mol. The number of nitrogens with one attached hydrogen (secondary N) is 3. The monoisotopic (exact) mass is 500 g/mol. The molecule has 190 valence electrons. The minimum Gasteiger partial charge on any atom is -0.349 e. The van der Waals surface area contributed by atoms with Gasteiger partial charge in [-0.2, -0.15) is 13.2 Å². The fourth-order valence-corrected chi connectivity index (χ4v) is 5.59. The first-order valence-electron chi connectivity index (χ1n) is 12.1. The molecule has 2 aromatic rings. The standard InChI is InChI=1S/C26H27F3N4O3/c27-26(28,29)17-5-3-4-16(12-17)23(35)30-13-22(34)31-18-14-33(15-18)19-8-10-25(11-9-19)21-7-2-1-6-20(21)24(36)32-25/h1-7,12,18-19H,8-11,13-15H2,(H,30,35)(H,31,34)(H,32,36)/t19-,25-. The van der Waals surface area contributed by atoms with E-state index in [9.17, 15) is 27.6 Å². The third-order valence-electron chi connectivity index (χ3n) is 7.50. The highest BCUT2D eigenvalue weighted by Gasteiger charge is 2.46. The van der Waals surface area contributed by atoms with Gasteiger partial charge in [0.05, 0.1) is 23.7 Å². The molecule has 36 heavy (non-hydrogen) atoms. The molecule has 3 amide bonds. The van der Waals surface area contributed by atoms with Crippen LogP contribution in [0.3, 0.4) is 0 Å². The number of carbonyl (C=O) groups is 3. The van der Waals surface area contributed by atoms with E-state index in [-0.39, 0.29) is 35.5 Å². The number of nitrogens with zero attached hydrogens (tertiary/aromatic N) is 1. The maximum absolute atomic E-state index is 12.8. The first-order chi connectivity index (χ1) is 17.1. The minimum atomic E-state index is -4.54. The number of rotatable bonds is 5. The summed E-state index contributed by atoms with van der Waals surface area (Å²) in [6.07, 6.45) is -0.909. The molecule has 1 spiro atoms. The van der Waals surface area contributed by atoms with Crippen molar-refractivity contribution < 1.29 is 27.6 Å². The summed E-state index contributed by atoms with van der Waals surface area (Å²) >= 11 is 0. The van der Waals surface area contributed by atoms with Crippen LogP contribution in [0.4, 0.5) is 13.2 Å². The zero-order valence-corrected chi connectivity index (χ0v) is 19.5. The van der Waals surface area contributed by atoms with Crippen LogP contribution >= 0.6 is 0 Å². The lowest BCUT2D eigenvalue weighted by Crippen LogP contribution is -2.63. The molecule has 10 heteroatoms. The Morgan fingerprint density at radius 2 is 1.78 bits per heavy atom. The van der Waals surface area contributed by atoms with Crippen molar-refractivity contribution in [1.82, 2.24) is 20.9 Å². The van der Waals surface area contributed by atoms with Crippen LogP contribution in [0.1, 0.15) is 57.5 Å². The Kier molecular flexibility index (Phi) is 6.23. The molecule has 2 fully saturated rings. The van der Waals surface area contributed by atoms with Crippen molar-refractivity contribution in [2.75, 3.05) is 19.6 Å².